The first-order valence-electron chi connectivity index (χ1n) is 4.26. The van der Waals surface area contributed by atoms with Crippen LogP contribution in [0.15, 0.2) is 27.7 Å². The van der Waals surface area contributed by atoms with Crippen molar-refractivity contribution in [2.24, 2.45) is 4.99 Å². The van der Waals surface area contributed by atoms with Gasteiger partial charge in [-0.2, -0.15) is 4.99 Å². The van der Waals surface area contributed by atoms with Gasteiger partial charge in [0.1, 0.15) is 5.75 Å². The highest BCUT2D eigenvalue weighted by Crippen LogP contribution is 2.52. The minimum Gasteiger partial charge on any atom is -0.508 e. The van der Waals surface area contributed by atoms with Gasteiger partial charge in [-0.3, -0.25) is 0 Å². The van der Waals surface area contributed by atoms with Crippen LogP contribution in [-0.2, 0) is 10.3 Å². The maximum absolute atomic E-state index is 10.3. The van der Waals surface area contributed by atoms with Crippen LogP contribution in [0.2, 0.25) is 0 Å². The Kier molecular flexibility index (Phi) is 2.17. The number of hydrogen-bond donors (Lipinski definition) is 1. The summed E-state index contributed by atoms with van der Waals surface area (Å²) in [6.07, 6.45) is 3.26. The Labute approximate surface area is 89.6 Å². The number of phenols is 1. The normalized spacial score (nSPS) is 17.2. The quantitative estimate of drug-likeness (QED) is 0.651. The molecule has 1 saturated carbocycles. The molecule has 1 aliphatic rings. The average molecular weight is 254 g/mol. The van der Waals surface area contributed by atoms with Gasteiger partial charge in [0.15, 0.2) is 0 Å². The maximum atomic E-state index is 10.3. The summed E-state index contributed by atoms with van der Waals surface area (Å²) < 4.78 is 0.867. The van der Waals surface area contributed by atoms with E-state index in [-0.39, 0.29) is 5.75 Å². The summed E-state index contributed by atoms with van der Waals surface area (Å²) in [5.74, 6) is 0.190. The number of aliphatic imine (C=N–C) groups is 1. The van der Waals surface area contributed by atoms with Crippen molar-refractivity contribution in [2.45, 2.75) is 18.4 Å². The fourth-order valence-corrected chi connectivity index (χ4v) is 2.13. The Morgan fingerprint density at radius 1 is 1.50 bits per heavy atom. The third-order valence-corrected chi connectivity index (χ3v) is 3.13. The van der Waals surface area contributed by atoms with Gasteiger partial charge in [0.05, 0.1) is 5.54 Å². The highest BCUT2D eigenvalue weighted by molar-refractivity contribution is 9.10. The van der Waals surface area contributed by atoms with Crippen molar-refractivity contribution in [1.29, 1.82) is 0 Å². The molecule has 14 heavy (non-hydrogen) atoms. The smallest absolute Gasteiger partial charge is 0.235 e. The second kappa shape index (κ2) is 3.23. The molecule has 1 aromatic carbocycles. The molecule has 0 aliphatic heterocycles. The van der Waals surface area contributed by atoms with Crippen LogP contribution >= 0.6 is 15.9 Å². The van der Waals surface area contributed by atoms with Gasteiger partial charge in [0, 0.05) is 4.47 Å². The minimum absolute atomic E-state index is 0.190. The maximum Gasteiger partial charge on any atom is 0.235 e. The van der Waals surface area contributed by atoms with Gasteiger partial charge in [0.25, 0.3) is 0 Å². The molecule has 1 fully saturated rings. The second-order valence-corrected chi connectivity index (χ2v) is 4.25. The summed E-state index contributed by atoms with van der Waals surface area (Å²) in [6, 6.07) is 4.98. The number of carbonyl (C=O) groups excluding carboxylic acids is 1. The third kappa shape index (κ3) is 1.47. The zero-order valence-corrected chi connectivity index (χ0v) is 8.91. The molecule has 0 bridgehead atoms. The third-order valence-electron chi connectivity index (χ3n) is 2.43. The van der Waals surface area contributed by atoms with Crippen molar-refractivity contribution in [2.75, 3.05) is 0 Å². The van der Waals surface area contributed by atoms with Crippen LogP contribution in [0, 0.1) is 0 Å². The molecule has 0 aromatic heterocycles. The first kappa shape index (κ1) is 9.44. The van der Waals surface area contributed by atoms with Crippen LogP contribution in [0.5, 0.6) is 5.75 Å². The fraction of sp³-hybridized carbons (Fsp3) is 0.300. The minimum atomic E-state index is -0.431. The number of rotatable bonds is 2. The lowest BCUT2D eigenvalue weighted by molar-refractivity contribution is 0.473. The van der Waals surface area contributed by atoms with Crippen molar-refractivity contribution in [3.05, 3.63) is 28.2 Å². The van der Waals surface area contributed by atoms with Crippen LogP contribution < -0.4 is 0 Å². The Morgan fingerprint density at radius 3 is 2.79 bits per heavy atom. The van der Waals surface area contributed by atoms with E-state index in [2.05, 4.69) is 20.9 Å². The zero-order chi connectivity index (χ0) is 10.2. The van der Waals surface area contributed by atoms with Gasteiger partial charge in [0.2, 0.25) is 6.08 Å². The van der Waals surface area contributed by atoms with E-state index >= 15 is 0 Å². The zero-order valence-electron chi connectivity index (χ0n) is 7.33. The number of benzene rings is 1. The van der Waals surface area contributed by atoms with E-state index in [1.54, 1.807) is 24.3 Å². The van der Waals surface area contributed by atoms with Crippen LogP contribution in [0.1, 0.15) is 18.4 Å². The van der Waals surface area contributed by atoms with Crippen LogP contribution in [-0.4, -0.2) is 11.2 Å². The summed E-state index contributed by atoms with van der Waals surface area (Å²) in [6.45, 7) is 0. The van der Waals surface area contributed by atoms with Gasteiger partial charge in [-0.25, -0.2) is 4.79 Å². The number of nitrogens with zero attached hydrogens (tertiary/aromatic N) is 1. The molecule has 0 spiro atoms. The number of halogens is 1. The molecule has 0 saturated heterocycles. The van der Waals surface area contributed by atoms with Crippen LogP contribution in [0.3, 0.4) is 0 Å². The van der Waals surface area contributed by atoms with Crippen LogP contribution in [0.25, 0.3) is 0 Å². The van der Waals surface area contributed by atoms with E-state index in [1.165, 1.54) is 0 Å². The van der Waals surface area contributed by atoms with Gasteiger partial charge in [-0.15, -0.1) is 0 Å². The van der Waals surface area contributed by atoms with Gasteiger partial charge >= 0.3 is 0 Å². The molecule has 1 N–H and O–H groups in total. The summed E-state index contributed by atoms with van der Waals surface area (Å²) >= 11 is 3.38. The Morgan fingerprint density at radius 2 is 2.21 bits per heavy atom. The summed E-state index contributed by atoms with van der Waals surface area (Å²) in [4.78, 5) is 14.1. The number of aromatic hydroxyl groups is 1. The lowest BCUT2D eigenvalue weighted by atomic mass is 10.1. The molecule has 0 unspecified atom stereocenters. The molecule has 2 rings (SSSR count). The monoisotopic (exact) mass is 253 g/mol. The van der Waals surface area contributed by atoms with E-state index in [0.717, 1.165) is 22.9 Å². The second-order valence-electron chi connectivity index (χ2n) is 3.40. The van der Waals surface area contributed by atoms with Crippen LogP contribution in [0.4, 0.5) is 0 Å². The molecule has 1 aliphatic carbocycles. The Hall–Kier alpha value is -1.12. The molecule has 0 radical (unpaired) electrons. The van der Waals surface area contributed by atoms with E-state index in [0.29, 0.717) is 0 Å². The Bertz CT molecular complexity index is 420. The highest BCUT2D eigenvalue weighted by Gasteiger charge is 2.46. The largest absolute Gasteiger partial charge is 0.508 e. The topological polar surface area (TPSA) is 49.7 Å². The van der Waals surface area contributed by atoms with Gasteiger partial charge in [-0.05, 0) is 36.6 Å². The molecule has 72 valence electrons. The molecule has 1 aromatic rings. The predicted octanol–water partition coefficient (Wildman–Crippen LogP) is 2.48. The summed E-state index contributed by atoms with van der Waals surface area (Å²) in [5, 5.41) is 9.34. The summed E-state index contributed by atoms with van der Waals surface area (Å²) in [5.41, 5.74) is 0.431. The Balaban J connectivity index is 2.50. The van der Waals surface area contributed by atoms with Crippen molar-refractivity contribution in [3.63, 3.8) is 0 Å². The molecule has 4 heteroatoms. The molecule has 0 amide bonds. The van der Waals surface area contributed by atoms with Gasteiger partial charge < -0.3 is 5.11 Å². The number of hydrogen-bond acceptors (Lipinski definition) is 3. The van der Waals surface area contributed by atoms with E-state index in [1.807, 2.05) is 0 Å². The molecule has 0 heterocycles. The van der Waals surface area contributed by atoms with Crippen molar-refractivity contribution < 1.29 is 9.90 Å². The summed E-state index contributed by atoms with van der Waals surface area (Å²) in [7, 11) is 0. The predicted molar refractivity (Wildman–Crippen MR) is 54.8 cm³/mol. The van der Waals surface area contributed by atoms with E-state index in [9.17, 15) is 9.90 Å². The van der Waals surface area contributed by atoms with Crippen molar-refractivity contribution >= 4 is 22.0 Å². The fourth-order valence-electron chi connectivity index (χ4n) is 1.52. The SMILES string of the molecule is O=C=NC1(c2cc(O)ccc2Br)CC1. The standard InChI is InChI=1S/C10H8BrNO2/c11-9-2-1-7(14)5-8(9)10(3-4-10)12-6-13/h1-2,5,14H,3-4H2. The lowest BCUT2D eigenvalue weighted by Gasteiger charge is -2.10. The number of isocyanates is 1. The molecular weight excluding hydrogens is 246 g/mol. The number of phenolic OH excluding ortho intramolecular Hbond substituents is 1. The van der Waals surface area contributed by atoms with E-state index < -0.39 is 5.54 Å². The van der Waals surface area contributed by atoms with Crippen molar-refractivity contribution in [1.82, 2.24) is 0 Å². The first-order valence-corrected chi connectivity index (χ1v) is 5.05. The lowest BCUT2D eigenvalue weighted by Crippen LogP contribution is -2.02. The first-order chi connectivity index (χ1) is 6.68. The average Bonchev–Trinajstić information content (AvgIpc) is 2.91. The molecule has 3 nitrogen and oxygen atoms in total. The van der Waals surface area contributed by atoms with E-state index in [4.69, 9.17) is 0 Å². The molecule has 0 atom stereocenters. The van der Waals surface area contributed by atoms with Gasteiger partial charge in [-0.1, -0.05) is 15.9 Å². The van der Waals surface area contributed by atoms with Crippen molar-refractivity contribution in [3.8, 4) is 5.75 Å². The molecular formula is C10H8BrNO2. The highest BCUT2D eigenvalue weighted by atomic mass is 79.9.